The van der Waals surface area contributed by atoms with Gasteiger partial charge in [0.1, 0.15) is 0 Å². The minimum Gasteiger partial charge on any atom is -0.302 e. The molecule has 2 atom stereocenters. The Labute approximate surface area is 88.7 Å². The van der Waals surface area contributed by atoms with Crippen LogP contribution in [0.3, 0.4) is 0 Å². The van der Waals surface area contributed by atoms with Gasteiger partial charge in [0.05, 0.1) is 12.1 Å². The lowest BCUT2D eigenvalue weighted by Crippen LogP contribution is -2.31. The fourth-order valence-corrected chi connectivity index (χ4v) is 1.53. The van der Waals surface area contributed by atoms with Crippen molar-refractivity contribution in [3.05, 3.63) is 0 Å². The minimum atomic E-state index is 0.0469. The van der Waals surface area contributed by atoms with Crippen LogP contribution >= 0.6 is 0 Å². The molecule has 0 aromatic heterocycles. The number of nitrogens with zero attached hydrogens (tertiary/aromatic N) is 1. The van der Waals surface area contributed by atoms with Gasteiger partial charge >= 0.3 is 0 Å². The first-order valence-electron chi connectivity index (χ1n) is 5.91. The van der Waals surface area contributed by atoms with E-state index >= 15 is 0 Å². The third-order valence-electron chi connectivity index (χ3n) is 2.76. The van der Waals surface area contributed by atoms with Crippen molar-refractivity contribution in [1.29, 1.82) is 5.26 Å². The lowest BCUT2D eigenvalue weighted by molar-refractivity contribution is 0.404. The molecule has 1 N–H and O–H groups in total. The Kier molecular flexibility index (Phi) is 8.67. The molecule has 0 radical (unpaired) electrons. The van der Waals surface area contributed by atoms with Crippen molar-refractivity contribution in [3.63, 3.8) is 0 Å². The van der Waals surface area contributed by atoms with E-state index in [4.69, 9.17) is 5.26 Å². The molecule has 0 aliphatic heterocycles. The van der Waals surface area contributed by atoms with Gasteiger partial charge in [-0.2, -0.15) is 5.26 Å². The maximum absolute atomic E-state index is 8.78. The molecule has 0 amide bonds. The third kappa shape index (κ3) is 5.99. The summed E-state index contributed by atoms with van der Waals surface area (Å²) in [5.74, 6) is 0.748. The Hall–Kier alpha value is -0.550. The van der Waals surface area contributed by atoms with E-state index in [1.54, 1.807) is 0 Å². The zero-order chi connectivity index (χ0) is 10.8. The molecule has 0 saturated heterocycles. The standard InChI is InChI=1S/C12H24N2/c1-4-7-8-11(5-2)10-14-12(6-3)9-13/h11-12,14H,4-8,10H2,1-3H3. The van der Waals surface area contributed by atoms with Crippen LogP contribution in [0, 0.1) is 17.2 Å². The summed E-state index contributed by atoms with van der Waals surface area (Å²) in [4.78, 5) is 0. The molecule has 0 aliphatic rings. The zero-order valence-corrected chi connectivity index (χ0v) is 9.84. The lowest BCUT2D eigenvalue weighted by atomic mass is 9.99. The Morgan fingerprint density at radius 2 is 1.93 bits per heavy atom. The Balaban J connectivity index is 3.66. The average molecular weight is 196 g/mol. The first-order valence-corrected chi connectivity index (χ1v) is 5.91. The van der Waals surface area contributed by atoms with E-state index in [0.717, 1.165) is 18.9 Å². The summed E-state index contributed by atoms with van der Waals surface area (Å²) in [5, 5.41) is 12.1. The highest BCUT2D eigenvalue weighted by Crippen LogP contribution is 2.11. The van der Waals surface area contributed by atoms with Crippen molar-refractivity contribution >= 4 is 0 Å². The van der Waals surface area contributed by atoms with Gasteiger partial charge in [0.2, 0.25) is 0 Å². The van der Waals surface area contributed by atoms with Crippen LogP contribution in [0.4, 0.5) is 0 Å². The van der Waals surface area contributed by atoms with Gasteiger partial charge in [-0.25, -0.2) is 0 Å². The predicted octanol–water partition coefficient (Wildman–Crippen LogP) is 3.09. The second-order valence-electron chi connectivity index (χ2n) is 3.91. The van der Waals surface area contributed by atoms with Crippen molar-refractivity contribution in [3.8, 4) is 6.07 Å². The summed E-state index contributed by atoms with van der Waals surface area (Å²) >= 11 is 0. The summed E-state index contributed by atoms with van der Waals surface area (Å²) in [6.45, 7) is 7.51. The number of hydrogen-bond donors (Lipinski definition) is 1. The normalized spacial score (nSPS) is 14.7. The molecule has 0 rings (SSSR count). The molecule has 2 nitrogen and oxygen atoms in total. The molecule has 0 aromatic rings. The Morgan fingerprint density at radius 1 is 1.21 bits per heavy atom. The van der Waals surface area contributed by atoms with E-state index in [1.165, 1.54) is 25.7 Å². The van der Waals surface area contributed by atoms with Gasteiger partial charge in [0.25, 0.3) is 0 Å². The molecule has 0 aliphatic carbocycles. The molecule has 14 heavy (non-hydrogen) atoms. The van der Waals surface area contributed by atoms with Gasteiger partial charge in [-0.3, -0.25) is 0 Å². The highest BCUT2D eigenvalue weighted by Gasteiger charge is 2.08. The van der Waals surface area contributed by atoms with E-state index in [2.05, 4.69) is 25.2 Å². The SMILES string of the molecule is CCCCC(CC)CNC(C#N)CC. The number of nitrogens with one attached hydrogen (secondary N) is 1. The van der Waals surface area contributed by atoms with Crippen LogP contribution in [-0.2, 0) is 0 Å². The molecule has 0 saturated carbocycles. The highest BCUT2D eigenvalue weighted by molar-refractivity contribution is 4.88. The van der Waals surface area contributed by atoms with Crippen LogP contribution in [0.2, 0.25) is 0 Å². The molecule has 2 heteroatoms. The molecule has 0 fully saturated rings. The first-order chi connectivity index (χ1) is 6.78. The molecule has 2 unspecified atom stereocenters. The van der Waals surface area contributed by atoms with Crippen molar-refractivity contribution in [2.75, 3.05) is 6.54 Å². The predicted molar refractivity (Wildman–Crippen MR) is 61.0 cm³/mol. The van der Waals surface area contributed by atoms with E-state index in [0.29, 0.717) is 0 Å². The topological polar surface area (TPSA) is 35.8 Å². The third-order valence-corrected chi connectivity index (χ3v) is 2.76. The van der Waals surface area contributed by atoms with E-state index < -0.39 is 0 Å². The molecular formula is C12H24N2. The maximum atomic E-state index is 8.78. The van der Waals surface area contributed by atoms with E-state index in [1.807, 2.05) is 6.92 Å². The fourth-order valence-electron chi connectivity index (χ4n) is 1.53. The fraction of sp³-hybridized carbons (Fsp3) is 0.917. The molecule has 82 valence electrons. The second-order valence-corrected chi connectivity index (χ2v) is 3.91. The maximum Gasteiger partial charge on any atom is 0.0950 e. The van der Waals surface area contributed by atoms with Gasteiger partial charge in [-0.1, -0.05) is 40.0 Å². The highest BCUT2D eigenvalue weighted by atomic mass is 14.9. The Morgan fingerprint density at radius 3 is 2.36 bits per heavy atom. The Bertz CT molecular complexity index is 160. The lowest BCUT2D eigenvalue weighted by Gasteiger charge is -2.17. The second kappa shape index (κ2) is 9.02. The summed E-state index contributed by atoms with van der Waals surface area (Å²) in [6.07, 6.45) is 5.99. The smallest absolute Gasteiger partial charge is 0.0950 e. The van der Waals surface area contributed by atoms with Crippen LogP contribution in [0.25, 0.3) is 0 Å². The molecule has 0 aromatic carbocycles. The van der Waals surface area contributed by atoms with Crippen molar-refractivity contribution in [1.82, 2.24) is 5.32 Å². The molecule has 0 bridgehead atoms. The van der Waals surface area contributed by atoms with E-state index in [-0.39, 0.29) is 6.04 Å². The number of nitriles is 1. The summed E-state index contributed by atoms with van der Waals surface area (Å²) in [7, 11) is 0. The van der Waals surface area contributed by atoms with Crippen LogP contribution in [0.1, 0.15) is 52.9 Å². The van der Waals surface area contributed by atoms with Crippen molar-refractivity contribution < 1.29 is 0 Å². The first kappa shape index (κ1) is 13.4. The van der Waals surface area contributed by atoms with Gasteiger partial charge in [-0.15, -0.1) is 0 Å². The summed E-state index contributed by atoms with van der Waals surface area (Å²) < 4.78 is 0. The number of hydrogen-bond acceptors (Lipinski definition) is 2. The van der Waals surface area contributed by atoms with Gasteiger partial charge < -0.3 is 5.32 Å². The number of unbranched alkanes of at least 4 members (excludes halogenated alkanes) is 1. The van der Waals surface area contributed by atoms with Gasteiger partial charge in [0, 0.05) is 0 Å². The minimum absolute atomic E-state index is 0.0469. The largest absolute Gasteiger partial charge is 0.302 e. The monoisotopic (exact) mass is 196 g/mol. The number of rotatable bonds is 8. The summed E-state index contributed by atoms with van der Waals surface area (Å²) in [5.41, 5.74) is 0. The van der Waals surface area contributed by atoms with E-state index in [9.17, 15) is 0 Å². The quantitative estimate of drug-likeness (QED) is 0.647. The average Bonchev–Trinajstić information content (AvgIpc) is 2.23. The molecule has 0 heterocycles. The van der Waals surface area contributed by atoms with Crippen LogP contribution in [0.5, 0.6) is 0 Å². The molecule has 0 spiro atoms. The van der Waals surface area contributed by atoms with Gasteiger partial charge in [0.15, 0.2) is 0 Å². The summed E-state index contributed by atoms with van der Waals surface area (Å²) in [6, 6.07) is 2.32. The van der Waals surface area contributed by atoms with Crippen LogP contribution in [0.15, 0.2) is 0 Å². The van der Waals surface area contributed by atoms with Gasteiger partial charge in [-0.05, 0) is 25.3 Å². The molecular weight excluding hydrogens is 172 g/mol. The van der Waals surface area contributed by atoms with Crippen LogP contribution < -0.4 is 5.32 Å². The van der Waals surface area contributed by atoms with Crippen LogP contribution in [-0.4, -0.2) is 12.6 Å². The van der Waals surface area contributed by atoms with Crippen molar-refractivity contribution in [2.24, 2.45) is 5.92 Å². The van der Waals surface area contributed by atoms with Crippen molar-refractivity contribution in [2.45, 2.75) is 58.9 Å². The zero-order valence-electron chi connectivity index (χ0n) is 9.84.